The second-order valence-corrected chi connectivity index (χ2v) is 6.36. The lowest BCUT2D eigenvalue weighted by Gasteiger charge is -2.06. The van der Waals surface area contributed by atoms with Crippen LogP contribution in [0.4, 0.5) is 0 Å². The van der Waals surface area contributed by atoms with Gasteiger partial charge in [-0.1, -0.05) is 32.0 Å². The Hall–Kier alpha value is -1.55. The van der Waals surface area contributed by atoms with E-state index in [0.717, 1.165) is 29.6 Å². The third-order valence-electron chi connectivity index (χ3n) is 3.44. The van der Waals surface area contributed by atoms with Crippen molar-refractivity contribution in [1.82, 2.24) is 15.1 Å². The van der Waals surface area contributed by atoms with Crippen molar-refractivity contribution in [3.8, 4) is 0 Å². The number of hydrogen-bond donors (Lipinski definition) is 1. The first-order valence-electron chi connectivity index (χ1n) is 7.35. The zero-order valence-electron chi connectivity index (χ0n) is 12.8. The fraction of sp³-hybridized carbons (Fsp3) is 0.500. The van der Waals surface area contributed by atoms with Crippen LogP contribution in [0.2, 0.25) is 0 Å². The highest BCUT2D eigenvalue weighted by Crippen LogP contribution is 2.19. The molecule has 0 saturated carbocycles. The Morgan fingerprint density at radius 2 is 2.05 bits per heavy atom. The number of alkyl halides is 1. The zero-order valence-corrected chi connectivity index (χ0v) is 13.5. The maximum Gasteiger partial charge on any atom is 0.238 e. The monoisotopic (exact) mass is 307 g/mol. The Labute approximate surface area is 130 Å². The van der Waals surface area contributed by atoms with Gasteiger partial charge in [0.1, 0.15) is 5.38 Å². The summed E-state index contributed by atoms with van der Waals surface area (Å²) in [6.07, 6.45) is 1.08. The number of amides is 1. The van der Waals surface area contributed by atoms with Crippen molar-refractivity contribution in [3.05, 3.63) is 30.0 Å². The molecule has 2 aromatic rings. The van der Waals surface area contributed by atoms with Gasteiger partial charge < -0.3 is 5.32 Å². The van der Waals surface area contributed by atoms with Crippen molar-refractivity contribution in [3.63, 3.8) is 0 Å². The van der Waals surface area contributed by atoms with Crippen LogP contribution in [-0.4, -0.2) is 21.1 Å². The molecule has 1 unspecified atom stereocenters. The molecule has 1 N–H and O–H groups in total. The number of nitrogens with one attached hydrogen (secondary N) is 1. The number of hydrogen-bond acceptors (Lipinski definition) is 2. The minimum absolute atomic E-state index is 0.169. The maximum atomic E-state index is 11.6. The molecule has 0 aliphatic rings. The average molecular weight is 308 g/mol. The third kappa shape index (κ3) is 3.97. The minimum Gasteiger partial charge on any atom is -0.349 e. The fourth-order valence-corrected chi connectivity index (χ4v) is 2.27. The van der Waals surface area contributed by atoms with Crippen molar-refractivity contribution in [2.75, 3.05) is 0 Å². The van der Waals surface area contributed by atoms with Gasteiger partial charge in [-0.3, -0.25) is 9.48 Å². The number of halogens is 1. The van der Waals surface area contributed by atoms with E-state index in [1.54, 1.807) is 6.92 Å². The van der Waals surface area contributed by atoms with Gasteiger partial charge in [0.25, 0.3) is 0 Å². The molecule has 0 spiro atoms. The predicted molar refractivity (Wildman–Crippen MR) is 86.3 cm³/mol. The summed E-state index contributed by atoms with van der Waals surface area (Å²) in [7, 11) is 0. The third-order valence-corrected chi connectivity index (χ3v) is 3.64. The number of benzene rings is 1. The lowest BCUT2D eigenvalue weighted by atomic mass is 10.1. The summed E-state index contributed by atoms with van der Waals surface area (Å²) >= 11 is 5.76. The molecule has 114 valence electrons. The molecule has 0 bridgehead atoms. The van der Waals surface area contributed by atoms with E-state index in [0.29, 0.717) is 12.5 Å². The molecule has 2 rings (SSSR count). The summed E-state index contributed by atoms with van der Waals surface area (Å²) in [5, 5.41) is 8.03. The standard InChI is InChI=1S/C16H22ClN3O/c1-11(2)8-9-20-15-7-5-4-6-13(15)14(19-20)10-18-16(21)12(3)17/h4-7,11-12H,8-10H2,1-3H3,(H,18,21). The van der Waals surface area contributed by atoms with Crippen LogP contribution in [0.5, 0.6) is 0 Å². The van der Waals surface area contributed by atoms with Crippen LogP contribution in [-0.2, 0) is 17.9 Å². The molecule has 0 aliphatic heterocycles. The Kier molecular flexibility index (Phi) is 5.23. The minimum atomic E-state index is -0.528. The van der Waals surface area contributed by atoms with Crippen LogP contribution < -0.4 is 5.32 Å². The molecule has 0 aliphatic carbocycles. The van der Waals surface area contributed by atoms with Crippen LogP contribution >= 0.6 is 11.6 Å². The number of nitrogens with zero attached hydrogens (tertiary/aromatic N) is 2. The van der Waals surface area contributed by atoms with E-state index >= 15 is 0 Å². The topological polar surface area (TPSA) is 46.9 Å². The smallest absolute Gasteiger partial charge is 0.238 e. The average Bonchev–Trinajstić information content (AvgIpc) is 2.80. The Morgan fingerprint density at radius 1 is 1.33 bits per heavy atom. The molecule has 0 fully saturated rings. The molecule has 1 atom stereocenters. The highest BCUT2D eigenvalue weighted by atomic mass is 35.5. The Bertz CT molecular complexity index is 619. The van der Waals surface area contributed by atoms with Crippen molar-refractivity contribution in [1.29, 1.82) is 0 Å². The number of carbonyl (C=O) groups excluding carboxylic acids is 1. The largest absolute Gasteiger partial charge is 0.349 e. The quantitative estimate of drug-likeness (QED) is 0.832. The first kappa shape index (κ1) is 15.8. The van der Waals surface area contributed by atoms with E-state index in [-0.39, 0.29) is 5.91 Å². The van der Waals surface area contributed by atoms with Crippen molar-refractivity contribution >= 4 is 28.4 Å². The summed E-state index contributed by atoms with van der Waals surface area (Å²) in [5.41, 5.74) is 2.00. The van der Waals surface area contributed by atoms with Gasteiger partial charge in [0, 0.05) is 11.9 Å². The van der Waals surface area contributed by atoms with Crippen LogP contribution in [0.1, 0.15) is 32.9 Å². The second kappa shape index (κ2) is 6.94. The summed E-state index contributed by atoms with van der Waals surface area (Å²) in [5.74, 6) is 0.464. The van der Waals surface area contributed by atoms with E-state index in [9.17, 15) is 4.79 Å². The van der Waals surface area contributed by atoms with E-state index in [1.165, 1.54) is 0 Å². The molecule has 1 aromatic carbocycles. The number of aryl methyl sites for hydroxylation is 1. The van der Waals surface area contributed by atoms with Gasteiger partial charge in [0.15, 0.2) is 0 Å². The Morgan fingerprint density at radius 3 is 2.71 bits per heavy atom. The predicted octanol–water partition coefficient (Wildman–Crippen LogP) is 3.33. The molecular formula is C16H22ClN3O. The number of rotatable bonds is 6. The summed E-state index contributed by atoms with van der Waals surface area (Å²) in [4.78, 5) is 11.6. The van der Waals surface area contributed by atoms with Gasteiger partial charge >= 0.3 is 0 Å². The molecule has 1 heterocycles. The number of aromatic nitrogens is 2. The summed E-state index contributed by atoms with van der Waals surface area (Å²) < 4.78 is 2.03. The highest BCUT2D eigenvalue weighted by molar-refractivity contribution is 6.30. The van der Waals surface area contributed by atoms with Gasteiger partial charge in [-0.25, -0.2) is 0 Å². The molecule has 5 heteroatoms. The lowest BCUT2D eigenvalue weighted by Crippen LogP contribution is -2.29. The SMILES string of the molecule is CC(C)CCn1nc(CNC(=O)C(C)Cl)c2ccccc21. The number of carbonyl (C=O) groups is 1. The van der Waals surface area contributed by atoms with E-state index < -0.39 is 5.38 Å². The maximum absolute atomic E-state index is 11.6. The molecule has 4 nitrogen and oxygen atoms in total. The van der Waals surface area contributed by atoms with E-state index in [4.69, 9.17) is 11.6 Å². The van der Waals surface area contributed by atoms with E-state index in [2.05, 4.69) is 30.3 Å². The van der Waals surface area contributed by atoms with Crippen LogP contribution in [0.25, 0.3) is 10.9 Å². The first-order chi connectivity index (χ1) is 9.99. The van der Waals surface area contributed by atoms with Gasteiger partial charge in [-0.05, 0) is 25.3 Å². The van der Waals surface area contributed by atoms with Crippen LogP contribution in [0.15, 0.2) is 24.3 Å². The molecule has 1 aromatic heterocycles. The molecule has 0 saturated heterocycles. The van der Waals surface area contributed by atoms with Crippen molar-refractivity contribution in [2.45, 2.75) is 45.7 Å². The molecule has 0 radical (unpaired) electrons. The van der Waals surface area contributed by atoms with E-state index in [1.807, 2.05) is 22.9 Å². The second-order valence-electron chi connectivity index (χ2n) is 5.70. The number of para-hydroxylation sites is 1. The summed E-state index contributed by atoms with van der Waals surface area (Å²) in [6.45, 7) is 7.36. The van der Waals surface area contributed by atoms with Crippen molar-refractivity contribution < 1.29 is 4.79 Å². The fourth-order valence-electron chi connectivity index (χ4n) is 2.19. The normalized spacial score (nSPS) is 12.8. The van der Waals surface area contributed by atoms with Gasteiger partial charge in [0.05, 0.1) is 17.8 Å². The highest BCUT2D eigenvalue weighted by Gasteiger charge is 2.13. The number of fused-ring (bicyclic) bond motifs is 1. The lowest BCUT2D eigenvalue weighted by molar-refractivity contribution is -0.120. The molecular weight excluding hydrogens is 286 g/mol. The first-order valence-corrected chi connectivity index (χ1v) is 7.79. The van der Waals surface area contributed by atoms with Crippen LogP contribution in [0, 0.1) is 5.92 Å². The van der Waals surface area contributed by atoms with Gasteiger partial charge in [-0.15, -0.1) is 11.6 Å². The molecule has 1 amide bonds. The van der Waals surface area contributed by atoms with Gasteiger partial charge in [-0.2, -0.15) is 5.10 Å². The Balaban J connectivity index is 2.21. The van der Waals surface area contributed by atoms with Crippen LogP contribution in [0.3, 0.4) is 0 Å². The summed E-state index contributed by atoms with van der Waals surface area (Å²) in [6, 6.07) is 8.11. The molecule has 21 heavy (non-hydrogen) atoms. The van der Waals surface area contributed by atoms with Gasteiger partial charge in [0.2, 0.25) is 5.91 Å². The zero-order chi connectivity index (χ0) is 15.4. The van der Waals surface area contributed by atoms with Crippen molar-refractivity contribution in [2.24, 2.45) is 5.92 Å².